The Morgan fingerprint density at radius 3 is 2.14 bits per heavy atom. The quantitative estimate of drug-likeness (QED) is 0.109. The number of alkyl halides is 3. The van der Waals surface area contributed by atoms with Gasteiger partial charge in [0, 0.05) is 35.8 Å². The highest BCUT2D eigenvalue weighted by molar-refractivity contribution is 7.99. The molecule has 0 aliphatic heterocycles. The molecule has 0 fully saturated rings. The van der Waals surface area contributed by atoms with E-state index in [1.165, 1.54) is 17.0 Å². The second-order valence-corrected chi connectivity index (χ2v) is 12.8. The van der Waals surface area contributed by atoms with E-state index in [4.69, 9.17) is 4.74 Å². The molecule has 11 heteroatoms. The minimum absolute atomic E-state index is 0.0133. The third-order valence-corrected chi connectivity index (χ3v) is 9.00. The van der Waals surface area contributed by atoms with Crippen molar-refractivity contribution < 1.29 is 35.9 Å². The van der Waals surface area contributed by atoms with Crippen LogP contribution < -0.4 is 9.47 Å². The van der Waals surface area contributed by atoms with Crippen molar-refractivity contribution in [1.29, 1.82) is 0 Å². The van der Waals surface area contributed by atoms with Gasteiger partial charge in [-0.2, -0.15) is 0 Å². The highest BCUT2D eigenvalue weighted by Crippen LogP contribution is 2.24. The minimum Gasteiger partial charge on any atom is -0.497 e. The van der Waals surface area contributed by atoms with Crippen LogP contribution in [0.15, 0.2) is 113 Å². The number of hydrogen-bond donors (Lipinski definition) is 0. The van der Waals surface area contributed by atoms with Gasteiger partial charge in [0.25, 0.3) is 0 Å². The number of methoxy groups -OCH3 is 1. The maximum atomic E-state index is 13.0. The van der Waals surface area contributed by atoms with Crippen molar-refractivity contribution in [2.75, 3.05) is 25.2 Å². The smallest absolute Gasteiger partial charge is 0.497 e. The zero-order chi connectivity index (χ0) is 30.9. The normalized spacial score (nSPS) is 11.8. The molecule has 0 N–H and O–H groups in total. The van der Waals surface area contributed by atoms with E-state index in [1.54, 1.807) is 31.0 Å². The van der Waals surface area contributed by atoms with Crippen LogP contribution in [0.1, 0.15) is 21.5 Å². The molecule has 0 aromatic heterocycles. The van der Waals surface area contributed by atoms with E-state index in [0.717, 1.165) is 53.4 Å². The lowest BCUT2D eigenvalue weighted by atomic mass is 10.1. The molecule has 0 aliphatic carbocycles. The van der Waals surface area contributed by atoms with E-state index in [9.17, 15) is 26.4 Å². The largest absolute Gasteiger partial charge is 0.573 e. The number of sulfone groups is 1. The Kier molecular flexibility index (Phi) is 10.9. The third-order valence-electron chi connectivity index (χ3n) is 6.38. The molecular weight excluding hydrogens is 599 g/mol. The van der Waals surface area contributed by atoms with Crippen LogP contribution in [0.3, 0.4) is 0 Å². The predicted octanol–water partition coefficient (Wildman–Crippen LogP) is 7.04. The van der Waals surface area contributed by atoms with Gasteiger partial charge in [0.1, 0.15) is 17.3 Å². The molecule has 0 aliphatic rings. The van der Waals surface area contributed by atoms with E-state index in [2.05, 4.69) is 21.8 Å². The van der Waals surface area contributed by atoms with Gasteiger partial charge in [0.15, 0.2) is 15.6 Å². The van der Waals surface area contributed by atoms with Crippen molar-refractivity contribution in [3.63, 3.8) is 0 Å². The second kappa shape index (κ2) is 14.6. The Morgan fingerprint density at radius 1 is 0.814 bits per heavy atom. The average Bonchev–Trinajstić information content (AvgIpc) is 2.97. The monoisotopic (exact) mass is 629 g/mol. The van der Waals surface area contributed by atoms with Crippen molar-refractivity contribution in [2.24, 2.45) is 0 Å². The lowest BCUT2D eigenvalue weighted by Gasteiger charge is -2.23. The highest BCUT2D eigenvalue weighted by Gasteiger charge is 2.31. The number of halogens is 3. The van der Waals surface area contributed by atoms with Gasteiger partial charge in [-0.25, -0.2) is 8.42 Å². The van der Waals surface area contributed by atoms with Gasteiger partial charge in [0.2, 0.25) is 0 Å². The molecule has 0 bridgehead atoms. The molecule has 226 valence electrons. The van der Waals surface area contributed by atoms with Crippen LogP contribution in [0.5, 0.6) is 11.5 Å². The Balaban J connectivity index is 1.41. The highest BCUT2D eigenvalue weighted by atomic mass is 32.2. The number of Topliss-reactive ketones (excluding diaryl/α,β-unsaturated/α-hetero) is 1. The van der Waals surface area contributed by atoms with Gasteiger partial charge in [-0.05, 0) is 71.8 Å². The summed E-state index contributed by atoms with van der Waals surface area (Å²) in [6, 6.07) is 28.5. The number of rotatable bonds is 14. The second-order valence-electron chi connectivity index (χ2n) is 9.62. The summed E-state index contributed by atoms with van der Waals surface area (Å²) in [6.07, 6.45) is -4.87. The number of ether oxygens (including phenoxy) is 2. The summed E-state index contributed by atoms with van der Waals surface area (Å²) in [7, 11) is -2.36. The summed E-state index contributed by atoms with van der Waals surface area (Å²) in [5, 5.41) is 0. The minimum atomic E-state index is -4.87. The zero-order valence-electron chi connectivity index (χ0n) is 23.3. The first kappa shape index (κ1) is 32.1. The number of carbonyl (C=O) groups is 1. The molecule has 0 amide bonds. The Bertz CT molecular complexity index is 1600. The summed E-state index contributed by atoms with van der Waals surface area (Å²) >= 11 is 1.76. The standard InChI is InChI=1S/C32H30F3NO5S2/c1-40-28-7-5-6-25(20-28)22-36(18-19-42-29-8-3-2-4-9-29)21-24-10-16-30(17-11-24)43(38,39)23-31(37)26-12-14-27(15-13-26)41-32(33,34)35/h2-17,20H,18-19,21-23H2,1H3. The first-order chi connectivity index (χ1) is 20.5. The summed E-state index contributed by atoms with van der Waals surface area (Å²) < 4.78 is 72.2. The topological polar surface area (TPSA) is 72.9 Å². The fraction of sp³-hybridized carbons (Fsp3) is 0.219. The molecule has 4 aromatic carbocycles. The van der Waals surface area contributed by atoms with Crippen molar-refractivity contribution in [1.82, 2.24) is 4.90 Å². The first-order valence-electron chi connectivity index (χ1n) is 13.2. The number of thioether (sulfide) groups is 1. The molecular formula is C32H30F3NO5S2. The zero-order valence-corrected chi connectivity index (χ0v) is 24.9. The van der Waals surface area contributed by atoms with Gasteiger partial charge < -0.3 is 9.47 Å². The first-order valence-corrected chi connectivity index (χ1v) is 15.9. The molecule has 0 radical (unpaired) electrons. The molecule has 0 heterocycles. The summed E-state index contributed by atoms with van der Waals surface area (Å²) in [6.45, 7) is 2.00. The van der Waals surface area contributed by atoms with Crippen LogP contribution in [0.2, 0.25) is 0 Å². The number of hydrogen-bond acceptors (Lipinski definition) is 7. The molecule has 0 saturated carbocycles. The molecule has 0 saturated heterocycles. The van der Waals surface area contributed by atoms with Crippen molar-refractivity contribution in [2.45, 2.75) is 29.2 Å². The van der Waals surface area contributed by atoms with E-state index in [0.29, 0.717) is 13.1 Å². The molecule has 6 nitrogen and oxygen atoms in total. The maximum absolute atomic E-state index is 13.0. The average molecular weight is 630 g/mol. The SMILES string of the molecule is COc1cccc(CN(CCSc2ccccc2)Cc2ccc(S(=O)(=O)CC(=O)c3ccc(OC(F)(F)F)cc3)cc2)c1. The molecule has 43 heavy (non-hydrogen) atoms. The van der Waals surface area contributed by atoms with Gasteiger partial charge in [0.05, 0.1) is 12.0 Å². The Hall–Kier alpha value is -3.80. The molecule has 0 spiro atoms. The van der Waals surface area contributed by atoms with Crippen molar-refractivity contribution in [3.05, 3.63) is 120 Å². The lowest BCUT2D eigenvalue weighted by molar-refractivity contribution is -0.274. The van der Waals surface area contributed by atoms with Gasteiger partial charge in [-0.3, -0.25) is 9.69 Å². The molecule has 4 aromatic rings. The summed E-state index contributed by atoms with van der Waals surface area (Å²) in [5.41, 5.74) is 1.95. The van der Waals surface area contributed by atoms with Crippen molar-refractivity contribution in [3.8, 4) is 11.5 Å². The third kappa shape index (κ3) is 10.2. The van der Waals surface area contributed by atoms with Crippen LogP contribution in [0, 0.1) is 0 Å². The molecule has 0 atom stereocenters. The fourth-order valence-electron chi connectivity index (χ4n) is 4.29. The van der Waals surface area contributed by atoms with Crippen LogP contribution in [-0.2, 0) is 22.9 Å². The molecule has 0 unspecified atom stereocenters. The van der Waals surface area contributed by atoms with Gasteiger partial charge in [-0.1, -0.05) is 42.5 Å². The number of ketones is 1. The lowest BCUT2D eigenvalue weighted by Crippen LogP contribution is -2.25. The van der Waals surface area contributed by atoms with Crippen molar-refractivity contribution >= 4 is 27.4 Å². The fourth-order valence-corrected chi connectivity index (χ4v) is 6.46. The maximum Gasteiger partial charge on any atom is 0.573 e. The summed E-state index contributed by atoms with van der Waals surface area (Å²) in [5.74, 6) is -0.425. The van der Waals surface area contributed by atoms with E-state index < -0.39 is 33.5 Å². The van der Waals surface area contributed by atoms with Crippen LogP contribution in [0.4, 0.5) is 13.2 Å². The van der Waals surface area contributed by atoms with E-state index in [-0.39, 0.29) is 10.5 Å². The predicted molar refractivity (Wildman–Crippen MR) is 160 cm³/mol. The van der Waals surface area contributed by atoms with Crippen LogP contribution in [0.25, 0.3) is 0 Å². The Morgan fingerprint density at radius 2 is 1.49 bits per heavy atom. The van der Waals surface area contributed by atoms with Gasteiger partial charge >= 0.3 is 6.36 Å². The number of carbonyl (C=O) groups excluding carboxylic acids is 1. The number of benzene rings is 4. The molecule has 4 rings (SSSR count). The Labute approximate surface area is 253 Å². The van der Waals surface area contributed by atoms with Crippen LogP contribution in [-0.4, -0.2) is 50.6 Å². The number of nitrogens with zero attached hydrogens (tertiary/aromatic N) is 1. The van der Waals surface area contributed by atoms with E-state index in [1.807, 2.05) is 42.5 Å². The van der Waals surface area contributed by atoms with Gasteiger partial charge in [-0.15, -0.1) is 24.9 Å². The van der Waals surface area contributed by atoms with E-state index >= 15 is 0 Å². The van der Waals surface area contributed by atoms with Crippen LogP contribution >= 0.6 is 11.8 Å². The summed E-state index contributed by atoms with van der Waals surface area (Å²) in [4.78, 5) is 16.0.